The lowest BCUT2D eigenvalue weighted by molar-refractivity contribution is 0.477. The maximum absolute atomic E-state index is 4.80. The molecule has 0 aliphatic heterocycles. The Morgan fingerprint density at radius 1 is 1.24 bits per heavy atom. The minimum Gasteiger partial charge on any atom is -0.357 e. The molecule has 0 bridgehead atoms. The molecule has 3 aromatic rings. The molecule has 1 aromatic carbocycles. The predicted molar refractivity (Wildman–Crippen MR) is 132 cm³/mol. The minimum absolute atomic E-state index is 0. The molecule has 1 N–H and O–H groups in total. The van der Waals surface area contributed by atoms with E-state index in [9.17, 15) is 0 Å². The summed E-state index contributed by atoms with van der Waals surface area (Å²) in [6.07, 6.45) is 4.90. The maximum atomic E-state index is 4.80. The van der Waals surface area contributed by atoms with Gasteiger partial charge < -0.3 is 10.2 Å². The molecular formula is C21H29IN6S. The van der Waals surface area contributed by atoms with Crippen molar-refractivity contribution in [1.82, 2.24) is 25.0 Å². The average molecular weight is 524 g/mol. The number of hydrogen-bond donors (Lipinski definition) is 1. The second-order valence-corrected chi connectivity index (χ2v) is 8.00. The fourth-order valence-electron chi connectivity index (χ4n) is 3.05. The second-order valence-electron chi connectivity index (χ2n) is 6.71. The van der Waals surface area contributed by atoms with Crippen molar-refractivity contribution in [3.05, 3.63) is 63.9 Å². The summed E-state index contributed by atoms with van der Waals surface area (Å²) in [5, 5.41) is 8.99. The Kier molecular flexibility index (Phi) is 9.09. The van der Waals surface area contributed by atoms with Gasteiger partial charge in [0.25, 0.3) is 0 Å². The monoisotopic (exact) mass is 524 g/mol. The molecule has 3 rings (SSSR count). The number of para-hydroxylation sites is 1. The van der Waals surface area contributed by atoms with E-state index in [-0.39, 0.29) is 24.0 Å². The van der Waals surface area contributed by atoms with Gasteiger partial charge in [0.2, 0.25) is 0 Å². The van der Waals surface area contributed by atoms with Crippen LogP contribution in [0.4, 0.5) is 0 Å². The Labute approximate surface area is 194 Å². The summed E-state index contributed by atoms with van der Waals surface area (Å²) in [6.45, 7) is 8.55. The van der Waals surface area contributed by atoms with Gasteiger partial charge >= 0.3 is 0 Å². The molecule has 156 valence electrons. The summed E-state index contributed by atoms with van der Waals surface area (Å²) < 4.78 is 1.90. The first-order valence-electron chi connectivity index (χ1n) is 9.58. The molecule has 0 unspecified atom stereocenters. The molecule has 0 fully saturated rings. The van der Waals surface area contributed by atoms with Crippen LogP contribution in [0, 0.1) is 13.8 Å². The van der Waals surface area contributed by atoms with Crippen molar-refractivity contribution in [2.75, 3.05) is 20.1 Å². The number of guanidine groups is 1. The highest BCUT2D eigenvalue weighted by molar-refractivity contribution is 14.0. The van der Waals surface area contributed by atoms with E-state index in [1.807, 2.05) is 29.1 Å². The number of thiazole rings is 1. The number of rotatable bonds is 7. The molecule has 0 amide bonds. The Morgan fingerprint density at radius 3 is 2.66 bits per heavy atom. The molecule has 29 heavy (non-hydrogen) atoms. The zero-order valence-corrected chi connectivity index (χ0v) is 20.6. The quantitative estimate of drug-likeness (QED) is 0.286. The topological polar surface area (TPSA) is 58.3 Å². The van der Waals surface area contributed by atoms with Crippen LogP contribution in [0.25, 0.3) is 5.69 Å². The zero-order valence-electron chi connectivity index (χ0n) is 17.4. The third-order valence-electron chi connectivity index (χ3n) is 4.37. The molecule has 0 aliphatic carbocycles. The van der Waals surface area contributed by atoms with Crippen molar-refractivity contribution in [2.24, 2.45) is 4.99 Å². The van der Waals surface area contributed by atoms with Gasteiger partial charge in [0, 0.05) is 49.7 Å². The second kappa shape index (κ2) is 11.3. The van der Waals surface area contributed by atoms with Gasteiger partial charge in [-0.25, -0.2) is 9.67 Å². The van der Waals surface area contributed by atoms with Crippen LogP contribution in [-0.2, 0) is 13.0 Å². The molecule has 0 saturated heterocycles. The lowest BCUT2D eigenvalue weighted by Gasteiger charge is -2.21. The number of aromatic nitrogens is 3. The smallest absolute Gasteiger partial charge is 0.193 e. The van der Waals surface area contributed by atoms with Crippen molar-refractivity contribution in [3.63, 3.8) is 0 Å². The van der Waals surface area contributed by atoms with E-state index in [0.717, 1.165) is 54.0 Å². The molecule has 0 atom stereocenters. The lowest BCUT2D eigenvalue weighted by Crippen LogP contribution is -2.38. The highest BCUT2D eigenvalue weighted by atomic mass is 127. The molecule has 6 nitrogen and oxygen atoms in total. The summed E-state index contributed by atoms with van der Waals surface area (Å²) in [5.74, 6) is 0.911. The van der Waals surface area contributed by atoms with Crippen LogP contribution >= 0.6 is 35.3 Å². The Hall–Kier alpha value is -1.94. The number of aliphatic imine (C=N–C) groups is 1. The van der Waals surface area contributed by atoms with E-state index in [1.165, 1.54) is 4.88 Å². The molecule has 2 heterocycles. The van der Waals surface area contributed by atoms with Gasteiger partial charge in [-0.2, -0.15) is 5.10 Å². The normalized spacial score (nSPS) is 11.2. The number of halogens is 1. The molecule has 0 radical (unpaired) electrons. The fraction of sp³-hybridized carbons (Fsp3) is 0.381. The van der Waals surface area contributed by atoms with Gasteiger partial charge in [0.1, 0.15) is 0 Å². The Balaban J connectivity index is 0.00000300. The van der Waals surface area contributed by atoms with Crippen molar-refractivity contribution in [1.29, 1.82) is 0 Å². The van der Waals surface area contributed by atoms with Gasteiger partial charge in [0.05, 0.1) is 22.6 Å². The fourth-order valence-corrected chi connectivity index (χ4v) is 3.98. The Bertz CT molecular complexity index is 918. The highest BCUT2D eigenvalue weighted by Gasteiger charge is 2.10. The van der Waals surface area contributed by atoms with Crippen molar-refractivity contribution >= 4 is 41.3 Å². The lowest BCUT2D eigenvalue weighted by atomic mass is 10.3. The standard InChI is InChI=1S/C21H28N6S.HI/c1-5-22-21(23-12-11-20-16(2)25-17(3)28-20)26(4)14-18-13-24-27(15-18)19-9-7-6-8-10-19;/h6-10,13,15H,5,11-12,14H2,1-4H3,(H,22,23);1H. The molecule has 0 saturated carbocycles. The van der Waals surface area contributed by atoms with Crippen LogP contribution in [0.3, 0.4) is 0 Å². The van der Waals surface area contributed by atoms with E-state index < -0.39 is 0 Å². The number of benzene rings is 1. The van der Waals surface area contributed by atoms with E-state index in [4.69, 9.17) is 4.99 Å². The summed E-state index contributed by atoms with van der Waals surface area (Å²) in [5.41, 5.74) is 3.34. The number of nitrogens with one attached hydrogen (secondary N) is 1. The predicted octanol–water partition coefficient (Wildman–Crippen LogP) is 4.20. The summed E-state index contributed by atoms with van der Waals surface area (Å²) >= 11 is 1.77. The van der Waals surface area contributed by atoms with E-state index in [2.05, 4.69) is 66.4 Å². The summed E-state index contributed by atoms with van der Waals surface area (Å²) in [6, 6.07) is 10.1. The van der Waals surface area contributed by atoms with E-state index >= 15 is 0 Å². The zero-order chi connectivity index (χ0) is 19.9. The molecular weight excluding hydrogens is 495 g/mol. The van der Waals surface area contributed by atoms with Crippen LogP contribution in [0.15, 0.2) is 47.7 Å². The first-order valence-corrected chi connectivity index (χ1v) is 10.4. The SMILES string of the molecule is CCNC(=NCCc1sc(C)nc1C)N(C)Cc1cnn(-c2ccccc2)c1.I. The number of nitrogens with zero attached hydrogens (tertiary/aromatic N) is 5. The van der Waals surface area contributed by atoms with Crippen LogP contribution in [0.2, 0.25) is 0 Å². The first-order chi connectivity index (χ1) is 13.6. The summed E-state index contributed by atoms with van der Waals surface area (Å²) in [7, 11) is 2.06. The highest BCUT2D eigenvalue weighted by Crippen LogP contribution is 2.17. The third-order valence-corrected chi connectivity index (χ3v) is 5.51. The number of aryl methyl sites for hydroxylation is 2. The molecule has 0 aliphatic rings. The van der Waals surface area contributed by atoms with Gasteiger partial charge in [-0.1, -0.05) is 18.2 Å². The maximum Gasteiger partial charge on any atom is 0.193 e. The van der Waals surface area contributed by atoms with Crippen LogP contribution in [0.1, 0.15) is 28.1 Å². The Morgan fingerprint density at radius 2 is 2.00 bits per heavy atom. The molecule has 2 aromatic heterocycles. The molecule has 0 spiro atoms. The van der Waals surface area contributed by atoms with Crippen LogP contribution in [-0.4, -0.2) is 45.8 Å². The van der Waals surface area contributed by atoms with Gasteiger partial charge in [-0.05, 0) is 32.9 Å². The minimum atomic E-state index is 0. The first kappa shape index (κ1) is 23.3. The molecule has 8 heteroatoms. The van der Waals surface area contributed by atoms with E-state index in [1.54, 1.807) is 11.3 Å². The number of hydrogen-bond acceptors (Lipinski definition) is 4. The van der Waals surface area contributed by atoms with Gasteiger partial charge in [-0.15, -0.1) is 35.3 Å². The van der Waals surface area contributed by atoms with Crippen molar-refractivity contribution < 1.29 is 0 Å². The largest absolute Gasteiger partial charge is 0.357 e. The van der Waals surface area contributed by atoms with Crippen molar-refractivity contribution in [2.45, 2.75) is 33.7 Å². The van der Waals surface area contributed by atoms with Gasteiger partial charge in [0.15, 0.2) is 5.96 Å². The van der Waals surface area contributed by atoms with Crippen LogP contribution < -0.4 is 5.32 Å². The van der Waals surface area contributed by atoms with Crippen LogP contribution in [0.5, 0.6) is 0 Å². The third kappa shape index (κ3) is 6.53. The van der Waals surface area contributed by atoms with E-state index in [0.29, 0.717) is 0 Å². The average Bonchev–Trinajstić information content (AvgIpc) is 3.27. The van der Waals surface area contributed by atoms with Gasteiger partial charge in [-0.3, -0.25) is 4.99 Å². The van der Waals surface area contributed by atoms with Crippen molar-refractivity contribution in [3.8, 4) is 5.69 Å². The summed E-state index contributed by atoms with van der Waals surface area (Å²) in [4.78, 5) is 12.8.